The molecule has 0 atom stereocenters. The largest absolute Gasteiger partial charge is 0.452 e. The standard InChI is InChI=1S/C11H8Br2ClNO/c12-10-5-4-7(16-10)6-15-9-3-1-2-8(14)11(9)13/h1-5,15H,6H2. The van der Waals surface area contributed by atoms with Crippen molar-refractivity contribution in [2.24, 2.45) is 0 Å². The molecule has 1 aromatic heterocycles. The average molecular weight is 365 g/mol. The molecule has 2 nitrogen and oxygen atoms in total. The van der Waals surface area contributed by atoms with Crippen LogP contribution in [0.25, 0.3) is 0 Å². The van der Waals surface area contributed by atoms with Crippen molar-refractivity contribution in [3.63, 3.8) is 0 Å². The Balaban J connectivity index is 2.07. The Hall–Kier alpha value is -0.450. The van der Waals surface area contributed by atoms with Crippen LogP contribution in [0.1, 0.15) is 5.76 Å². The number of benzene rings is 1. The van der Waals surface area contributed by atoms with Gasteiger partial charge in [-0.05, 0) is 56.1 Å². The van der Waals surface area contributed by atoms with E-state index in [9.17, 15) is 0 Å². The quantitative estimate of drug-likeness (QED) is 0.821. The molecule has 1 aromatic carbocycles. The van der Waals surface area contributed by atoms with Crippen LogP contribution >= 0.6 is 43.5 Å². The SMILES string of the molecule is Clc1cccc(NCc2ccc(Br)o2)c1Br. The fourth-order valence-electron chi connectivity index (χ4n) is 1.27. The molecule has 1 N–H and O–H groups in total. The molecule has 1 heterocycles. The van der Waals surface area contributed by atoms with Gasteiger partial charge < -0.3 is 9.73 Å². The molecule has 0 radical (unpaired) electrons. The summed E-state index contributed by atoms with van der Waals surface area (Å²) in [6, 6.07) is 9.46. The summed E-state index contributed by atoms with van der Waals surface area (Å²) < 4.78 is 6.98. The van der Waals surface area contributed by atoms with Gasteiger partial charge in [-0.1, -0.05) is 17.7 Å². The predicted octanol–water partition coefficient (Wildman–Crippen LogP) is 5.07. The van der Waals surface area contributed by atoms with E-state index in [1.165, 1.54) is 0 Å². The van der Waals surface area contributed by atoms with E-state index in [-0.39, 0.29) is 0 Å². The van der Waals surface area contributed by atoms with Crippen LogP contribution in [-0.2, 0) is 6.54 Å². The normalized spacial score (nSPS) is 10.4. The molecule has 0 fully saturated rings. The van der Waals surface area contributed by atoms with Crippen molar-refractivity contribution in [1.82, 2.24) is 0 Å². The van der Waals surface area contributed by atoms with E-state index in [4.69, 9.17) is 16.0 Å². The highest BCUT2D eigenvalue weighted by Crippen LogP contribution is 2.30. The van der Waals surface area contributed by atoms with Gasteiger partial charge in [-0.25, -0.2) is 0 Å². The molecule has 0 saturated heterocycles. The lowest BCUT2D eigenvalue weighted by atomic mass is 10.3. The first-order valence-corrected chi connectivity index (χ1v) is 6.55. The van der Waals surface area contributed by atoms with Gasteiger partial charge in [0.2, 0.25) is 0 Å². The first-order chi connectivity index (χ1) is 7.66. The number of anilines is 1. The molecule has 0 saturated carbocycles. The van der Waals surface area contributed by atoms with E-state index in [0.717, 1.165) is 20.6 Å². The second kappa shape index (κ2) is 5.25. The number of hydrogen-bond donors (Lipinski definition) is 1. The third-order valence-corrected chi connectivity index (χ3v) is 3.86. The summed E-state index contributed by atoms with van der Waals surface area (Å²) in [6.07, 6.45) is 0. The second-order valence-corrected chi connectivity index (χ2v) is 5.14. The van der Waals surface area contributed by atoms with Gasteiger partial charge in [-0.15, -0.1) is 0 Å². The van der Waals surface area contributed by atoms with E-state index in [0.29, 0.717) is 11.6 Å². The first kappa shape index (κ1) is 12.0. The van der Waals surface area contributed by atoms with E-state index < -0.39 is 0 Å². The molecule has 0 unspecified atom stereocenters. The van der Waals surface area contributed by atoms with Gasteiger partial charge in [0.05, 0.1) is 21.7 Å². The number of nitrogens with one attached hydrogen (secondary N) is 1. The minimum absolute atomic E-state index is 0.616. The summed E-state index contributed by atoms with van der Waals surface area (Å²) in [5, 5.41) is 3.92. The molecule has 0 bridgehead atoms. The van der Waals surface area contributed by atoms with Crippen LogP contribution in [-0.4, -0.2) is 0 Å². The minimum atomic E-state index is 0.616. The molecule has 0 amide bonds. The van der Waals surface area contributed by atoms with Crippen LogP contribution in [0.3, 0.4) is 0 Å². The second-order valence-electron chi connectivity index (χ2n) is 3.16. The summed E-state index contributed by atoms with van der Waals surface area (Å²) in [5.74, 6) is 0.860. The van der Waals surface area contributed by atoms with E-state index in [1.54, 1.807) is 0 Å². The van der Waals surface area contributed by atoms with Crippen LogP contribution in [0, 0.1) is 0 Å². The number of hydrogen-bond acceptors (Lipinski definition) is 2. The molecule has 2 rings (SSSR count). The van der Waals surface area contributed by atoms with Crippen LogP contribution in [0.15, 0.2) is 43.9 Å². The zero-order chi connectivity index (χ0) is 11.5. The molecule has 2 aromatic rings. The smallest absolute Gasteiger partial charge is 0.169 e. The van der Waals surface area contributed by atoms with Crippen LogP contribution in [0.2, 0.25) is 5.02 Å². The Morgan fingerprint density at radius 2 is 2.00 bits per heavy atom. The van der Waals surface area contributed by atoms with Gasteiger partial charge in [0, 0.05) is 0 Å². The van der Waals surface area contributed by atoms with Gasteiger partial charge in [0.25, 0.3) is 0 Å². The van der Waals surface area contributed by atoms with Crippen molar-refractivity contribution in [3.8, 4) is 0 Å². The lowest BCUT2D eigenvalue weighted by Crippen LogP contribution is -1.98. The van der Waals surface area contributed by atoms with E-state index in [1.807, 2.05) is 30.3 Å². The summed E-state index contributed by atoms with van der Waals surface area (Å²) in [7, 11) is 0. The number of furan rings is 1. The maximum atomic E-state index is 5.98. The minimum Gasteiger partial charge on any atom is -0.452 e. The first-order valence-electron chi connectivity index (χ1n) is 4.59. The highest BCUT2D eigenvalue weighted by Gasteiger charge is 2.04. The van der Waals surface area contributed by atoms with Crippen molar-refractivity contribution in [2.45, 2.75) is 6.54 Å². The van der Waals surface area contributed by atoms with Crippen molar-refractivity contribution in [1.29, 1.82) is 0 Å². The van der Waals surface area contributed by atoms with Gasteiger partial charge in [-0.2, -0.15) is 0 Å². The topological polar surface area (TPSA) is 25.2 Å². The third-order valence-electron chi connectivity index (χ3n) is 2.03. The fourth-order valence-corrected chi connectivity index (χ4v) is 2.19. The highest BCUT2D eigenvalue weighted by atomic mass is 79.9. The van der Waals surface area contributed by atoms with Crippen LogP contribution in [0.4, 0.5) is 5.69 Å². The monoisotopic (exact) mass is 363 g/mol. The summed E-state index contributed by atoms with van der Waals surface area (Å²) in [5.41, 5.74) is 0.944. The Kier molecular flexibility index (Phi) is 3.95. The molecule has 84 valence electrons. The average Bonchev–Trinajstić information content (AvgIpc) is 2.67. The Labute approximate surface area is 115 Å². The maximum absolute atomic E-state index is 5.98. The molecule has 0 spiro atoms. The van der Waals surface area contributed by atoms with Gasteiger partial charge in [0.1, 0.15) is 5.76 Å². The van der Waals surface area contributed by atoms with Crippen LogP contribution < -0.4 is 5.32 Å². The zero-order valence-corrected chi connectivity index (χ0v) is 12.1. The Morgan fingerprint density at radius 3 is 2.69 bits per heavy atom. The molecule has 16 heavy (non-hydrogen) atoms. The molecule has 0 aliphatic carbocycles. The van der Waals surface area contributed by atoms with E-state index in [2.05, 4.69) is 37.2 Å². The fraction of sp³-hybridized carbons (Fsp3) is 0.0909. The predicted molar refractivity (Wildman–Crippen MR) is 72.9 cm³/mol. The van der Waals surface area contributed by atoms with Gasteiger partial charge >= 0.3 is 0 Å². The van der Waals surface area contributed by atoms with Crippen molar-refractivity contribution in [3.05, 3.63) is 50.3 Å². The lowest BCUT2D eigenvalue weighted by molar-refractivity contribution is 0.495. The highest BCUT2D eigenvalue weighted by molar-refractivity contribution is 9.10. The third kappa shape index (κ3) is 2.81. The van der Waals surface area contributed by atoms with Crippen LogP contribution in [0.5, 0.6) is 0 Å². The lowest BCUT2D eigenvalue weighted by Gasteiger charge is -2.07. The molecular formula is C11H8Br2ClNO. The van der Waals surface area contributed by atoms with Crippen molar-refractivity contribution in [2.75, 3.05) is 5.32 Å². The Bertz CT molecular complexity index is 498. The summed E-state index contributed by atoms with van der Waals surface area (Å²) in [4.78, 5) is 0. The molecule has 0 aliphatic rings. The van der Waals surface area contributed by atoms with Gasteiger partial charge in [-0.3, -0.25) is 0 Å². The maximum Gasteiger partial charge on any atom is 0.169 e. The van der Waals surface area contributed by atoms with Crippen molar-refractivity contribution < 1.29 is 4.42 Å². The van der Waals surface area contributed by atoms with Gasteiger partial charge in [0.15, 0.2) is 4.67 Å². The number of rotatable bonds is 3. The zero-order valence-electron chi connectivity index (χ0n) is 8.14. The molecule has 0 aliphatic heterocycles. The Morgan fingerprint density at radius 1 is 1.19 bits per heavy atom. The molecular weight excluding hydrogens is 357 g/mol. The molecule has 5 heteroatoms. The summed E-state index contributed by atoms with van der Waals surface area (Å²) in [6.45, 7) is 0.616. The number of halogens is 3. The van der Waals surface area contributed by atoms with Crippen molar-refractivity contribution >= 4 is 49.1 Å². The summed E-state index contributed by atoms with van der Waals surface area (Å²) >= 11 is 12.7. The van der Waals surface area contributed by atoms with E-state index >= 15 is 0 Å².